The average Bonchev–Trinajstić information content (AvgIpc) is 3.52. The summed E-state index contributed by atoms with van der Waals surface area (Å²) < 4.78 is 1.81. The van der Waals surface area contributed by atoms with Crippen molar-refractivity contribution in [3.05, 3.63) is 48.2 Å². The molecule has 0 saturated heterocycles. The lowest BCUT2D eigenvalue weighted by Gasteiger charge is -2.30. The molecule has 1 aliphatic heterocycles. The number of carbonyl (C=O) groups excluding carboxylic acids is 2. The highest BCUT2D eigenvalue weighted by Gasteiger charge is 2.30. The summed E-state index contributed by atoms with van der Waals surface area (Å²) in [5, 5.41) is 13.2. The van der Waals surface area contributed by atoms with Crippen LogP contribution in [0.3, 0.4) is 0 Å². The molecule has 10 nitrogen and oxygen atoms in total. The molecule has 158 valence electrons. The Bertz CT molecular complexity index is 1180. The largest absolute Gasteiger partial charge is 0.364 e. The number of rotatable bonds is 5. The minimum absolute atomic E-state index is 0.0401. The maximum atomic E-state index is 12.4. The summed E-state index contributed by atoms with van der Waals surface area (Å²) in [7, 11) is 3.55. The van der Waals surface area contributed by atoms with E-state index in [1.165, 1.54) is 6.20 Å². The third-order valence-corrected chi connectivity index (χ3v) is 5.47. The molecular formula is C21H22N8O2. The zero-order chi connectivity index (χ0) is 21.5. The Morgan fingerprint density at radius 3 is 2.77 bits per heavy atom. The van der Waals surface area contributed by atoms with Crippen molar-refractivity contribution in [2.75, 3.05) is 29.6 Å². The molecule has 0 radical (unpaired) electrons. The first-order valence-corrected chi connectivity index (χ1v) is 10.1. The van der Waals surface area contributed by atoms with Gasteiger partial charge in [-0.2, -0.15) is 5.10 Å². The second kappa shape index (κ2) is 7.38. The molecule has 3 N–H and O–H groups in total. The van der Waals surface area contributed by atoms with Gasteiger partial charge in [0.15, 0.2) is 5.82 Å². The Morgan fingerprint density at radius 1 is 1.16 bits per heavy atom. The molecule has 0 atom stereocenters. The summed E-state index contributed by atoms with van der Waals surface area (Å²) in [5.41, 5.74) is 3.56. The summed E-state index contributed by atoms with van der Waals surface area (Å²) in [6, 6.07) is 7.52. The summed E-state index contributed by atoms with van der Waals surface area (Å²) in [5.74, 6) is 1.01. The molecule has 1 saturated carbocycles. The van der Waals surface area contributed by atoms with Crippen molar-refractivity contribution in [3.8, 4) is 5.69 Å². The Labute approximate surface area is 178 Å². The van der Waals surface area contributed by atoms with Gasteiger partial charge in [0.05, 0.1) is 34.9 Å². The molecule has 2 aliphatic rings. The maximum absolute atomic E-state index is 12.4. The Hall–Kier alpha value is -3.95. The van der Waals surface area contributed by atoms with Crippen LogP contribution in [-0.2, 0) is 11.3 Å². The van der Waals surface area contributed by atoms with Gasteiger partial charge in [-0.3, -0.25) is 9.59 Å². The monoisotopic (exact) mass is 418 g/mol. The van der Waals surface area contributed by atoms with Crippen molar-refractivity contribution in [3.63, 3.8) is 0 Å². The molecule has 2 amide bonds. The first-order valence-electron chi connectivity index (χ1n) is 10.1. The summed E-state index contributed by atoms with van der Waals surface area (Å²) in [4.78, 5) is 35.3. The van der Waals surface area contributed by atoms with Crippen LogP contribution in [0.25, 0.3) is 5.69 Å². The molecule has 0 unspecified atom stereocenters. The van der Waals surface area contributed by atoms with Crippen molar-refractivity contribution < 1.29 is 9.59 Å². The predicted molar refractivity (Wildman–Crippen MR) is 116 cm³/mol. The van der Waals surface area contributed by atoms with Crippen molar-refractivity contribution in [2.45, 2.75) is 19.4 Å². The zero-order valence-electron chi connectivity index (χ0n) is 17.2. The number of hydrogen-bond donors (Lipinski definition) is 3. The van der Waals surface area contributed by atoms with Crippen molar-refractivity contribution >= 4 is 34.7 Å². The maximum Gasteiger partial charge on any atom is 0.254 e. The molecule has 5 rings (SSSR count). The first-order chi connectivity index (χ1) is 15.0. The van der Waals surface area contributed by atoms with Crippen LogP contribution >= 0.6 is 0 Å². The van der Waals surface area contributed by atoms with Gasteiger partial charge in [0.1, 0.15) is 12.1 Å². The lowest BCUT2D eigenvalue weighted by Crippen LogP contribution is -2.27. The number of aromatic nitrogens is 4. The highest BCUT2D eigenvalue weighted by Crippen LogP contribution is 2.38. The van der Waals surface area contributed by atoms with E-state index in [0.717, 1.165) is 35.7 Å². The molecule has 1 fully saturated rings. The fourth-order valence-electron chi connectivity index (χ4n) is 3.73. The van der Waals surface area contributed by atoms with Crippen LogP contribution in [0.15, 0.2) is 36.8 Å². The van der Waals surface area contributed by atoms with Gasteiger partial charge < -0.3 is 20.9 Å². The lowest BCUT2D eigenvalue weighted by atomic mass is 10.1. The van der Waals surface area contributed by atoms with E-state index in [0.29, 0.717) is 23.6 Å². The van der Waals surface area contributed by atoms with E-state index < -0.39 is 0 Å². The summed E-state index contributed by atoms with van der Waals surface area (Å²) in [6.45, 7) is 0.604. The minimum Gasteiger partial charge on any atom is -0.364 e. The van der Waals surface area contributed by atoms with Gasteiger partial charge in [-0.15, -0.1) is 0 Å². The number of anilines is 4. The Kier molecular flexibility index (Phi) is 4.54. The number of hydrogen-bond acceptors (Lipinski definition) is 7. The van der Waals surface area contributed by atoms with Gasteiger partial charge in [-0.1, -0.05) is 6.07 Å². The smallest absolute Gasteiger partial charge is 0.254 e. The zero-order valence-corrected chi connectivity index (χ0v) is 17.2. The van der Waals surface area contributed by atoms with Crippen LogP contribution in [0.2, 0.25) is 0 Å². The quantitative estimate of drug-likeness (QED) is 0.581. The second-order valence-corrected chi connectivity index (χ2v) is 7.70. The molecule has 1 aromatic carbocycles. The molecule has 2 aromatic heterocycles. The van der Waals surface area contributed by atoms with Crippen molar-refractivity contribution in [2.24, 2.45) is 5.92 Å². The van der Waals surface area contributed by atoms with Gasteiger partial charge in [0.25, 0.3) is 5.91 Å². The molecular weight excluding hydrogens is 396 g/mol. The standard InChI is InChI=1S/C21H22N8O2/c1-22-21(31)13-9-23-17(27-20(30)12-6-7-12)8-15(13)26-14-4-3-5-16-19(14)28(2)10-18-24-11-25-29(16)18/h3-5,8-9,11-12H,6-7,10H2,1-2H3,(H,22,31)(H2,23,26,27,30). The van der Waals surface area contributed by atoms with E-state index in [2.05, 4.69) is 35.9 Å². The first kappa shape index (κ1) is 19.0. The second-order valence-electron chi connectivity index (χ2n) is 7.70. The van der Waals surface area contributed by atoms with E-state index in [1.54, 1.807) is 19.4 Å². The summed E-state index contributed by atoms with van der Waals surface area (Å²) >= 11 is 0. The van der Waals surface area contributed by atoms with E-state index in [4.69, 9.17) is 0 Å². The Morgan fingerprint density at radius 2 is 2.00 bits per heavy atom. The van der Waals surface area contributed by atoms with Crippen molar-refractivity contribution in [1.29, 1.82) is 0 Å². The van der Waals surface area contributed by atoms with Gasteiger partial charge in [-0.25, -0.2) is 14.6 Å². The highest BCUT2D eigenvalue weighted by atomic mass is 16.2. The fourth-order valence-corrected chi connectivity index (χ4v) is 3.73. The van der Waals surface area contributed by atoms with E-state index in [9.17, 15) is 9.59 Å². The third kappa shape index (κ3) is 3.45. The molecule has 0 spiro atoms. The SMILES string of the molecule is CNC(=O)c1cnc(NC(=O)C2CC2)cc1Nc1cccc2c1N(C)Cc1ncnn1-2. The Balaban J connectivity index is 1.54. The predicted octanol–water partition coefficient (Wildman–Crippen LogP) is 2.06. The summed E-state index contributed by atoms with van der Waals surface area (Å²) in [6.07, 6.45) is 4.82. The molecule has 1 aliphatic carbocycles. The normalized spacial score (nSPS) is 14.5. The number of pyridine rings is 1. The number of carbonyl (C=O) groups is 2. The molecule has 0 bridgehead atoms. The van der Waals surface area contributed by atoms with E-state index in [1.807, 2.05) is 29.9 Å². The molecule has 10 heteroatoms. The van der Waals surface area contributed by atoms with Crippen LogP contribution in [0.5, 0.6) is 0 Å². The fraction of sp³-hybridized carbons (Fsp3) is 0.286. The van der Waals surface area contributed by atoms with E-state index in [-0.39, 0.29) is 17.7 Å². The van der Waals surface area contributed by atoms with Crippen molar-refractivity contribution in [1.82, 2.24) is 25.1 Å². The van der Waals surface area contributed by atoms with Crippen LogP contribution in [0.4, 0.5) is 22.9 Å². The topological polar surface area (TPSA) is 117 Å². The number of nitrogens with zero attached hydrogens (tertiary/aromatic N) is 5. The number of benzene rings is 1. The lowest BCUT2D eigenvalue weighted by molar-refractivity contribution is -0.117. The number of nitrogens with one attached hydrogen (secondary N) is 3. The van der Waals surface area contributed by atoms with Crippen LogP contribution in [0, 0.1) is 5.92 Å². The van der Waals surface area contributed by atoms with Gasteiger partial charge >= 0.3 is 0 Å². The highest BCUT2D eigenvalue weighted by molar-refractivity contribution is 6.02. The van der Waals surface area contributed by atoms with Gasteiger partial charge in [0, 0.05) is 32.3 Å². The number of fused-ring (bicyclic) bond motifs is 3. The third-order valence-electron chi connectivity index (χ3n) is 5.47. The van der Waals surface area contributed by atoms with Crippen LogP contribution in [-0.4, -0.2) is 45.7 Å². The van der Waals surface area contributed by atoms with Crippen LogP contribution < -0.4 is 20.9 Å². The number of para-hydroxylation sites is 1. The molecule has 3 aromatic rings. The molecule has 31 heavy (non-hydrogen) atoms. The van der Waals surface area contributed by atoms with Gasteiger partial charge in [0.2, 0.25) is 5.91 Å². The van der Waals surface area contributed by atoms with E-state index >= 15 is 0 Å². The average molecular weight is 418 g/mol. The van der Waals surface area contributed by atoms with Gasteiger partial charge in [-0.05, 0) is 25.0 Å². The minimum atomic E-state index is -0.271. The van der Waals surface area contributed by atoms with Crippen LogP contribution in [0.1, 0.15) is 29.0 Å². The number of amides is 2. The molecule has 3 heterocycles.